The molecule has 0 radical (unpaired) electrons. The van der Waals surface area contributed by atoms with E-state index in [0.29, 0.717) is 38.4 Å². The number of methoxy groups -OCH3 is 1. The molecule has 0 aliphatic heterocycles. The molecule has 1 heterocycles. The van der Waals surface area contributed by atoms with Crippen LogP contribution in [0.2, 0.25) is 10.0 Å². The summed E-state index contributed by atoms with van der Waals surface area (Å²) in [4.78, 5) is 12.4. The van der Waals surface area contributed by atoms with E-state index in [-0.39, 0.29) is 13.2 Å². The second kappa shape index (κ2) is 9.20. The van der Waals surface area contributed by atoms with Crippen LogP contribution in [0.1, 0.15) is 32.9 Å². The summed E-state index contributed by atoms with van der Waals surface area (Å²) in [6.45, 7) is 3.97. The Labute approximate surface area is 178 Å². The van der Waals surface area contributed by atoms with Crippen LogP contribution >= 0.6 is 23.2 Å². The van der Waals surface area contributed by atoms with E-state index >= 15 is 0 Å². The average molecular weight is 436 g/mol. The maximum Gasteiger partial charge on any atom is 0.338 e. The molecule has 0 saturated heterocycles. The second-order valence-corrected chi connectivity index (χ2v) is 7.11. The number of carbonyl (C=O) groups is 1. The molecule has 0 N–H and O–H groups in total. The molecule has 0 fully saturated rings. The van der Waals surface area contributed by atoms with Crippen molar-refractivity contribution in [3.8, 4) is 11.5 Å². The van der Waals surface area contributed by atoms with Gasteiger partial charge in [0.2, 0.25) is 0 Å². The first-order chi connectivity index (χ1) is 13.9. The molecule has 0 atom stereocenters. The first-order valence-corrected chi connectivity index (χ1v) is 9.48. The largest absolute Gasteiger partial charge is 0.493 e. The number of hydrogen-bond donors (Lipinski definition) is 0. The predicted octanol–water partition coefficient (Wildman–Crippen LogP) is 5.54. The van der Waals surface area contributed by atoms with E-state index < -0.39 is 5.97 Å². The van der Waals surface area contributed by atoms with Crippen LogP contribution in [0.15, 0.2) is 40.9 Å². The van der Waals surface area contributed by atoms with E-state index in [1.165, 1.54) is 7.11 Å². The van der Waals surface area contributed by atoms with Gasteiger partial charge in [0.05, 0.1) is 23.9 Å². The highest BCUT2D eigenvalue weighted by Gasteiger charge is 2.15. The minimum Gasteiger partial charge on any atom is -0.493 e. The molecule has 8 heteroatoms. The number of nitrogens with zero attached hydrogens (tertiary/aromatic N) is 1. The molecule has 3 aromatic rings. The molecule has 152 valence electrons. The third kappa shape index (κ3) is 5.02. The number of ether oxygens (including phenoxy) is 3. The number of benzene rings is 2. The van der Waals surface area contributed by atoms with Crippen LogP contribution in [0.3, 0.4) is 0 Å². The summed E-state index contributed by atoms with van der Waals surface area (Å²) in [6.07, 6.45) is 0. The first kappa shape index (κ1) is 21.0. The van der Waals surface area contributed by atoms with Crippen molar-refractivity contribution < 1.29 is 23.5 Å². The second-order valence-electron chi connectivity index (χ2n) is 6.27. The van der Waals surface area contributed by atoms with Gasteiger partial charge >= 0.3 is 5.97 Å². The summed E-state index contributed by atoms with van der Waals surface area (Å²) in [5.74, 6) is 1.09. The zero-order valence-electron chi connectivity index (χ0n) is 16.1. The van der Waals surface area contributed by atoms with Gasteiger partial charge in [-0.2, -0.15) is 0 Å². The zero-order valence-corrected chi connectivity index (χ0v) is 17.6. The van der Waals surface area contributed by atoms with Gasteiger partial charge in [-0.15, -0.1) is 0 Å². The van der Waals surface area contributed by atoms with Gasteiger partial charge in [0.15, 0.2) is 11.5 Å². The van der Waals surface area contributed by atoms with Crippen LogP contribution in [0.5, 0.6) is 11.5 Å². The fourth-order valence-electron chi connectivity index (χ4n) is 2.64. The van der Waals surface area contributed by atoms with Gasteiger partial charge in [-0.25, -0.2) is 4.79 Å². The molecule has 3 rings (SSSR count). The number of aromatic nitrogens is 1. The molecule has 0 unspecified atom stereocenters. The smallest absolute Gasteiger partial charge is 0.338 e. The average Bonchev–Trinajstić information content (AvgIpc) is 3.03. The quantitative estimate of drug-likeness (QED) is 0.453. The Morgan fingerprint density at radius 3 is 2.52 bits per heavy atom. The Balaban J connectivity index is 1.68. The van der Waals surface area contributed by atoms with Gasteiger partial charge in [0.1, 0.15) is 19.0 Å². The van der Waals surface area contributed by atoms with Gasteiger partial charge in [-0.05, 0) is 44.2 Å². The minimum atomic E-state index is -0.508. The van der Waals surface area contributed by atoms with E-state index in [0.717, 1.165) is 11.3 Å². The van der Waals surface area contributed by atoms with Crippen molar-refractivity contribution >= 4 is 29.2 Å². The van der Waals surface area contributed by atoms with Crippen molar-refractivity contribution in [2.45, 2.75) is 27.1 Å². The summed E-state index contributed by atoms with van der Waals surface area (Å²) in [5, 5.41) is 4.85. The summed E-state index contributed by atoms with van der Waals surface area (Å²) in [6, 6.07) is 9.82. The van der Waals surface area contributed by atoms with E-state index in [1.807, 2.05) is 13.8 Å². The molecule has 0 amide bonds. The van der Waals surface area contributed by atoms with Gasteiger partial charge in [-0.1, -0.05) is 34.4 Å². The Morgan fingerprint density at radius 2 is 1.86 bits per heavy atom. The number of hydrogen-bond acceptors (Lipinski definition) is 6. The molecule has 0 aliphatic carbocycles. The van der Waals surface area contributed by atoms with Gasteiger partial charge in [0.25, 0.3) is 0 Å². The number of esters is 1. The lowest BCUT2D eigenvalue weighted by atomic mass is 10.2. The predicted molar refractivity (Wildman–Crippen MR) is 109 cm³/mol. The molecular formula is C21H19Cl2NO5. The van der Waals surface area contributed by atoms with Crippen molar-refractivity contribution in [2.24, 2.45) is 0 Å². The molecule has 1 aromatic heterocycles. The van der Waals surface area contributed by atoms with Crippen LogP contribution in [0.4, 0.5) is 0 Å². The fraction of sp³-hybridized carbons (Fsp3) is 0.238. The Kier molecular flexibility index (Phi) is 6.67. The number of aryl methyl sites for hydroxylation is 2. The highest BCUT2D eigenvalue weighted by molar-refractivity contribution is 6.35. The summed E-state index contributed by atoms with van der Waals surface area (Å²) >= 11 is 12.0. The molecule has 29 heavy (non-hydrogen) atoms. The lowest BCUT2D eigenvalue weighted by Crippen LogP contribution is -2.07. The monoisotopic (exact) mass is 435 g/mol. The van der Waals surface area contributed by atoms with Crippen molar-refractivity contribution in [3.05, 3.63) is 74.6 Å². The van der Waals surface area contributed by atoms with Crippen LogP contribution in [0.25, 0.3) is 0 Å². The van der Waals surface area contributed by atoms with Gasteiger partial charge < -0.3 is 18.7 Å². The Hall–Kier alpha value is -2.70. The fourth-order valence-corrected chi connectivity index (χ4v) is 3.10. The number of halogens is 2. The van der Waals surface area contributed by atoms with Gasteiger partial charge in [0, 0.05) is 15.6 Å². The third-order valence-electron chi connectivity index (χ3n) is 4.33. The minimum absolute atomic E-state index is 0.0292. The van der Waals surface area contributed by atoms with E-state index in [1.54, 1.807) is 36.4 Å². The summed E-state index contributed by atoms with van der Waals surface area (Å²) in [7, 11) is 1.50. The van der Waals surface area contributed by atoms with Crippen molar-refractivity contribution in [3.63, 3.8) is 0 Å². The highest BCUT2D eigenvalue weighted by atomic mass is 35.5. The molecule has 0 spiro atoms. The topological polar surface area (TPSA) is 70.8 Å². The van der Waals surface area contributed by atoms with Crippen molar-refractivity contribution in [1.29, 1.82) is 0 Å². The molecule has 0 bridgehead atoms. The lowest BCUT2D eigenvalue weighted by molar-refractivity contribution is 0.0472. The Morgan fingerprint density at radius 1 is 1.07 bits per heavy atom. The first-order valence-electron chi connectivity index (χ1n) is 8.72. The summed E-state index contributed by atoms with van der Waals surface area (Å²) in [5.41, 5.74) is 2.63. The SMILES string of the molecule is COc1cc(C(=O)OCc2ccc(Cl)cc2Cl)ccc1OCc1c(C)noc1C. The van der Waals surface area contributed by atoms with Crippen molar-refractivity contribution in [1.82, 2.24) is 5.16 Å². The van der Waals surface area contributed by atoms with Crippen LogP contribution in [0, 0.1) is 13.8 Å². The normalized spacial score (nSPS) is 10.7. The van der Waals surface area contributed by atoms with Crippen LogP contribution in [-0.2, 0) is 18.0 Å². The maximum absolute atomic E-state index is 12.4. The van der Waals surface area contributed by atoms with E-state index in [2.05, 4.69) is 5.16 Å². The van der Waals surface area contributed by atoms with Crippen LogP contribution < -0.4 is 9.47 Å². The zero-order chi connectivity index (χ0) is 21.0. The third-order valence-corrected chi connectivity index (χ3v) is 4.91. The molecule has 2 aromatic carbocycles. The maximum atomic E-state index is 12.4. The molecule has 0 saturated carbocycles. The molecule has 0 aliphatic rings. The highest BCUT2D eigenvalue weighted by Crippen LogP contribution is 2.30. The molecule has 6 nitrogen and oxygen atoms in total. The van der Waals surface area contributed by atoms with Crippen molar-refractivity contribution in [2.75, 3.05) is 7.11 Å². The van der Waals surface area contributed by atoms with E-state index in [4.69, 9.17) is 41.9 Å². The number of rotatable bonds is 7. The van der Waals surface area contributed by atoms with Gasteiger partial charge in [-0.3, -0.25) is 0 Å². The number of carbonyl (C=O) groups excluding carboxylic acids is 1. The molecular weight excluding hydrogens is 417 g/mol. The lowest BCUT2D eigenvalue weighted by Gasteiger charge is -2.12. The standard InChI is InChI=1S/C21H19Cl2NO5/c1-12-17(13(2)29-24-12)11-27-19-7-5-14(8-20(19)26-3)21(25)28-10-15-4-6-16(22)9-18(15)23/h4-9H,10-11H2,1-3H3. The summed E-state index contributed by atoms with van der Waals surface area (Å²) < 4.78 is 21.6. The van der Waals surface area contributed by atoms with Crippen LogP contribution in [-0.4, -0.2) is 18.2 Å². The van der Waals surface area contributed by atoms with E-state index in [9.17, 15) is 4.79 Å². The Bertz CT molecular complexity index is 1010.